The summed E-state index contributed by atoms with van der Waals surface area (Å²) < 4.78 is 0. The summed E-state index contributed by atoms with van der Waals surface area (Å²) in [7, 11) is 0. The van der Waals surface area contributed by atoms with E-state index in [4.69, 9.17) is 5.73 Å². The number of carbonyl (C=O) groups excluding carboxylic acids is 1. The standard InChI is InChI=1S/C11H23BN2O2/c1-11(2,3)9(13)10(15)14-7-5-6-8(14)12(4)16/h8-9,16H,5-7,13H2,1-4H3. The summed E-state index contributed by atoms with van der Waals surface area (Å²) in [5.41, 5.74) is 5.73. The Morgan fingerprint density at radius 3 is 2.56 bits per heavy atom. The van der Waals surface area contributed by atoms with E-state index in [1.165, 1.54) is 0 Å². The van der Waals surface area contributed by atoms with Crippen molar-refractivity contribution in [2.75, 3.05) is 6.54 Å². The lowest BCUT2D eigenvalue weighted by Gasteiger charge is -2.33. The molecule has 1 aliphatic rings. The molecule has 0 aliphatic carbocycles. The minimum Gasteiger partial charge on any atom is -0.449 e. The molecule has 1 fully saturated rings. The second-order valence-corrected chi connectivity index (χ2v) is 5.83. The molecule has 0 spiro atoms. The lowest BCUT2D eigenvalue weighted by molar-refractivity contribution is -0.134. The van der Waals surface area contributed by atoms with Gasteiger partial charge in [-0.25, -0.2) is 0 Å². The Balaban J connectivity index is 2.74. The van der Waals surface area contributed by atoms with E-state index in [-0.39, 0.29) is 17.3 Å². The third-order valence-corrected chi connectivity index (χ3v) is 3.34. The maximum atomic E-state index is 12.2. The fourth-order valence-electron chi connectivity index (χ4n) is 2.12. The Labute approximate surface area is 98.3 Å². The molecule has 3 N–H and O–H groups in total. The summed E-state index contributed by atoms with van der Waals surface area (Å²) in [4.78, 5) is 13.9. The minimum absolute atomic E-state index is 0.0316. The lowest BCUT2D eigenvalue weighted by atomic mass is 9.62. The quantitative estimate of drug-likeness (QED) is 0.674. The van der Waals surface area contributed by atoms with Crippen molar-refractivity contribution in [2.45, 2.75) is 52.4 Å². The number of likely N-dealkylation sites (tertiary alicyclic amines) is 1. The summed E-state index contributed by atoms with van der Waals surface area (Å²) in [6.45, 7) is 7.87. The SMILES string of the molecule is CB(O)C1CCCN1C(=O)C(N)C(C)(C)C. The van der Waals surface area contributed by atoms with Crippen molar-refractivity contribution < 1.29 is 9.82 Å². The molecule has 4 nitrogen and oxygen atoms in total. The van der Waals surface area contributed by atoms with Gasteiger partial charge in [0.25, 0.3) is 0 Å². The van der Waals surface area contributed by atoms with E-state index in [1.807, 2.05) is 20.8 Å². The largest absolute Gasteiger partial charge is 0.449 e. The zero-order valence-corrected chi connectivity index (χ0v) is 10.7. The zero-order chi connectivity index (χ0) is 12.5. The summed E-state index contributed by atoms with van der Waals surface area (Å²) >= 11 is 0. The van der Waals surface area contributed by atoms with Crippen LogP contribution in [-0.4, -0.2) is 41.3 Å². The van der Waals surface area contributed by atoms with Crippen LogP contribution in [0.2, 0.25) is 6.82 Å². The second kappa shape index (κ2) is 4.76. The molecule has 0 saturated carbocycles. The first-order chi connectivity index (χ1) is 7.25. The third-order valence-electron chi connectivity index (χ3n) is 3.34. The van der Waals surface area contributed by atoms with E-state index in [2.05, 4.69) is 0 Å². The van der Waals surface area contributed by atoms with E-state index in [1.54, 1.807) is 11.7 Å². The first-order valence-electron chi connectivity index (χ1n) is 5.99. The van der Waals surface area contributed by atoms with Crippen LogP contribution in [0.15, 0.2) is 0 Å². The summed E-state index contributed by atoms with van der Waals surface area (Å²) in [5, 5.41) is 9.62. The number of nitrogens with two attached hydrogens (primary N) is 1. The van der Waals surface area contributed by atoms with E-state index < -0.39 is 13.0 Å². The van der Waals surface area contributed by atoms with Crippen LogP contribution < -0.4 is 5.73 Å². The van der Waals surface area contributed by atoms with Gasteiger partial charge in [0.05, 0.1) is 6.04 Å². The van der Waals surface area contributed by atoms with Crippen LogP contribution in [0, 0.1) is 5.41 Å². The monoisotopic (exact) mass is 226 g/mol. The highest BCUT2D eigenvalue weighted by molar-refractivity contribution is 6.51. The predicted octanol–water partition coefficient (Wildman–Crippen LogP) is 0.504. The Kier molecular flexibility index (Phi) is 4.02. The minimum atomic E-state index is -0.494. The average Bonchev–Trinajstić information content (AvgIpc) is 2.62. The first-order valence-corrected chi connectivity index (χ1v) is 5.99. The van der Waals surface area contributed by atoms with Crippen molar-refractivity contribution in [3.05, 3.63) is 0 Å². The van der Waals surface area contributed by atoms with Crippen LogP contribution in [0.3, 0.4) is 0 Å². The van der Waals surface area contributed by atoms with Gasteiger partial charge in [-0.05, 0) is 18.3 Å². The van der Waals surface area contributed by atoms with Gasteiger partial charge in [-0.3, -0.25) is 4.79 Å². The molecule has 1 saturated heterocycles. The molecule has 1 aliphatic heterocycles. The van der Waals surface area contributed by atoms with E-state index in [0.29, 0.717) is 0 Å². The average molecular weight is 226 g/mol. The van der Waals surface area contributed by atoms with Gasteiger partial charge >= 0.3 is 6.92 Å². The highest BCUT2D eigenvalue weighted by atomic mass is 16.2. The molecular formula is C11H23BN2O2. The third kappa shape index (κ3) is 2.77. The fourth-order valence-corrected chi connectivity index (χ4v) is 2.12. The van der Waals surface area contributed by atoms with Gasteiger partial charge in [0.2, 0.25) is 5.91 Å². The van der Waals surface area contributed by atoms with Crippen LogP contribution in [0.5, 0.6) is 0 Å². The molecule has 92 valence electrons. The Hall–Kier alpha value is -0.545. The molecule has 2 unspecified atom stereocenters. The molecule has 1 amide bonds. The second-order valence-electron chi connectivity index (χ2n) is 5.83. The van der Waals surface area contributed by atoms with Crippen molar-refractivity contribution in [3.63, 3.8) is 0 Å². The number of hydrogen-bond donors (Lipinski definition) is 2. The van der Waals surface area contributed by atoms with Gasteiger partial charge in [-0.1, -0.05) is 27.6 Å². The zero-order valence-electron chi connectivity index (χ0n) is 10.7. The number of amides is 1. The Morgan fingerprint density at radius 2 is 2.12 bits per heavy atom. The highest BCUT2D eigenvalue weighted by Crippen LogP contribution is 2.24. The molecule has 0 bridgehead atoms. The van der Waals surface area contributed by atoms with Gasteiger partial charge < -0.3 is 15.7 Å². The maximum Gasteiger partial charge on any atom is 0.309 e. The maximum absolute atomic E-state index is 12.2. The molecule has 2 atom stereocenters. The van der Waals surface area contributed by atoms with Gasteiger partial charge in [-0.2, -0.15) is 0 Å². The Bertz CT molecular complexity index is 263. The van der Waals surface area contributed by atoms with E-state index in [0.717, 1.165) is 19.4 Å². The van der Waals surface area contributed by atoms with E-state index >= 15 is 0 Å². The number of rotatable bonds is 2. The Morgan fingerprint density at radius 1 is 1.56 bits per heavy atom. The van der Waals surface area contributed by atoms with Crippen molar-refractivity contribution in [1.29, 1.82) is 0 Å². The molecular weight excluding hydrogens is 203 g/mol. The first kappa shape index (κ1) is 13.5. The number of nitrogens with zero attached hydrogens (tertiary/aromatic N) is 1. The van der Waals surface area contributed by atoms with Gasteiger partial charge in [0, 0.05) is 12.5 Å². The van der Waals surface area contributed by atoms with Crippen LogP contribution in [0.4, 0.5) is 0 Å². The van der Waals surface area contributed by atoms with Gasteiger partial charge in [0.15, 0.2) is 0 Å². The summed E-state index contributed by atoms with van der Waals surface area (Å²) in [5.74, 6) is -0.0863. The van der Waals surface area contributed by atoms with Crippen LogP contribution in [-0.2, 0) is 4.79 Å². The molecule has 16 heavy (non-hydrogen) atoms. The molecule has 1 heterocycles. The smallest absolute Gasteiger partial charge is 0.309 e. The topological polar surface area (TPSA) is 66.6 Å². The van der Waals surface area contributed by atoms with Crippen molar-refractivity contribution in [3.8, 4) is 0 Å². The summed E-state index contributed by atoms with van der Waals surface area (Å²) in [6.07, 6.45) is 1.83. The molecule has 0 aromatic rings. The molecule has 5 heteroatoms. The van der Waals surface area contributed by atoms with Crippen LogP contribution in [0.25, 0.3) is 0 Å². The normalized spacial score (nSPS) is 23.4. The molecule has 1 rings (SSSR count). The van der Waals surface area contributed by atoms with Crippen molar-refractivity contribution >= 4 is 12.8 Å². The van der Waals surface area contributed by atoms with Crippen LogP contribution >= 0.6 is 0 Å². The fraction of sp³-hybridized carbons (Fsp3) is 0.909. The van der Waals surface area contributed by atoms with Gasteiger partial charge in [-0.15, -0.1) is 0 Å². The predicted molar refractivity (Wildman–Crippen MR) is 66.0 cm³/mol. The van der Waals surface area contributed by atoms with Crippen molar-refractivity contribution in [1.82, 2.24) is 4.90 Å². The van der Waals surface area contributed by atoms with Crippen LogP contribution in [0.1, 0.15) is 33.6 Å². The van der Waals surface area contributed by atoms with Crippen molar-refractivity contribution in [2.24, 2.45) is 11.1 Å². The highest BCUT2D eigenvalue weighted by Gasteiger charge is 2.39. The summed E-state index contributed by atoms with van der Waals surface area (Å²) in [6, 6.07) is -0.494. The molecule has 0 radical (unpaired) electrons. The molecule has 0 aromatic heterocycles. The lowest BCUT2D eigenvalue weighted by Crippen LogP contribution is -2.54. The number of hydrogen-bond acceptors (Lipinski definition) is 3. The molecule has 0 aromatic carbocycles. The van der Waals surface area contributed by atoms with E-state index in [9.17, 15) is 9.82 Å². The van der Waals surface area contributed by atoms with Gasteiger partial charge in [0.1, 0.15) is 0 Å². The number of carbonyl (C=O) groups is 1.